The summed E-state index contributed by atoms with van der Waals surface area (Å²) in [6, 6.07) is 14.1. The predicted octanol–water partition coefficient (Wildman–Crippen LogP) is 3.21. The van der Waals surface area contributed by atoms with Gasteiger partial charge in [0.1, 0.15) is 12.4 Å². The molecule has 0 radical (unpaired) electrons. The Kier molecular flexibility index (Phi) is 8.57. The van der Waals surface area contributed by atoms with Crippen LogP contribution in [0, 0.1) is 0 Å². The van der Waals surface area contributed by atoms with E-state index in [4.69, 9.17) is 21.7 Å². The highest BCUT2D eigenvalue weighted by atomic mass is 32.1. The number of nitrogens with one attached hydrogen (secondary N) is 2. The minimum Gasteiger partial charge on any atom is -0.490 e. The Balaban J connectivity index is 2.00. The lowest BCUT2D eigenvalue weighted by Gasteiger charge is -2.17. The summed E-state index contributed by atoms with van der Waals surface area (Å²) in [7, 11) is 1.68. The number of hydrogen-bond donors (Lipinski definition) is 2. The van der Waals surface area contributed by atoms with E-state index in [1.807, 2.05) is 13.0 Å². The standard InChI is InChI=1S/C21H25N3O4S/c1-4-27-12-13-28-19-11-6-5-10-18(19)20(26)23-21(29)22-16-8-7-9-17(14-16)24(3)15(2)25/h5-11,14H,4,12-13H2,1-3H3,(H2,22,23,26,29). The monoisotopic (exact) mass is 415 g/mol. The average Bonchev–Trinajstić information content (AvgIpc) is 2.71. The van der Waals surface area contributed by atoms with Crippen LogP contribution in [-0.4, -0.2) is 43.8 Å². The highest BCUT2D eigenvalue weighted by Gasteiger charge is 2.14. The molecule has 2 rings (SSSR count). The molecule has 0 saturated carbocycles. The van der Waals surface area contributed by atoms with Gasteiger partial charge in [-0.05, 0) is 49.5 Å². The van der Waals surface area contributed by atoms with Crippen LogP contribution in [0.1, 0.15) is 24.2 Å². The normalized spacial score (nSPS) is 10.2. The molecular weight excluding hydrogens is 390 g/mol. The van der Waals surface area contributed by atoms with Gasteiger partial charge in [0, 0.05) is 32.0 Å². The van der Waals surface area contributed by atoms with Gasteiger partial charge in [-0.25, -0.2) is 0 Å². The van der Waals surface area contributed by atoms with Crippen molar-refractivity contribution >= 4 is 40.5 Å². The zero-order valence-electron chi connectivity index (χ0n) is 16.7. The number of benzene rings is 2. The highest BCUT2D eigenvalue weighted by Crippen LogP contribution is 2.20. The smallest absolute Gasteiger partial charge is 0.261 e. The van der Waals surface area contributed by atoms with E-state index in [0.717, 1.165) is 0 Å². The number of nitrogens with zero attached hydrogens (tertiary/aromatic N) is 1. The first-order valence-electron chi connectivity index (χ1n) is 9.18. The van der Waals surface area contributed by atoms with Gasteiger partial charge in [-0.2, -0.15) is 0 Å². The molecule has 0 atom stereocenters. The van der Waals surface area contributed by atoms with Gasteiger partial charge in [-0.1, -0.05) is 18.2 Å². The number of carbonyl (C=O) groups is 2. The summed E-state index contributed by atoms with van der Waals surface area (Å²) in [6.45, 7) is 4.78. The van der Waals surface area contributed by atoms with Crippen molar-refractivity contribution in [2.75, 3.05) is 37.1 Å². The first kappa shape index (κ1) is 22.3. The van der Waals surface area contributed by atoms with Gasteiger partial charge in [-0.15, -0.1) is 0 Å². The second-order valence-corrected chi connectivity index (χ2v) is 6.49. The minimum atomic E-state index is -0.383. The number of thiocarbonyl (C=S) groups is 1. The molecule has 0 spiro atoms. The number of amides is 2. The molecule has 0 unspecified atom stereocenters. The van der Waals surface area contributed by atoms with Crippen molar-refractivity contribution < 1.29 is 19.1 Å². The lowest BCUT2D eigenvalue weighted by atomic mass is 10.2. The largest absolute Gasteiger partial charge is 0.490 e. The number of ether oxygens (including phenoxy) is 2. The SMILES string of the molecule is CCOCCOc1ccccc1C(=O)NC(=S)Nc1cccc(N(C)C(C)=O)c1. The van der Waals surface area contributed by atoms with Gasteiger partial charge >= 0.3 is 0 Å². The summed E-state index contributed by atoms with van der Waals surface area (Å²) in [5, 5.41) is 5.75. The van der Waals surface area contributed by atoms with E-state index in [0.29, 0.717) is 42.5 Å². The number of carbonyl (C=O) groups excluding carboxylic acids is 2. The van der Waals surface area contributed by atoms with E-state index in [-0.39, 0.29) is 16.9 Å². The predicted molar refractivity (Wildman–Crippen MR) is 118 cm³/mol. The van der Waals surface area contributed by atoms with Gasteiger partial charge in [0.15, 0.2) is 5.11 Å². The van der Waals surface area contributed by atoms with Crippen LogP contribution in [0.4, 0.5) is 11.4 Å². The molecule has 0 aliphatic heterocycles. The van der Waals surface area contributed by atoms with Crippen LogP contribution < -0.4 is 20.3 Å². The third-order valence-electron chi connectivity index (χ3n) is 4.01. The second kappa shape index (κ2) is 11.1. The maximum absolute atomic E-state index is 12.6. The van der Waals surface area contributed by atoms with E-state index in [1.165, 1.54) is 11.8 Å². The number of hydrogen-bond acceptors (Lipinski definition) is 5. The molecular formula is C21H25N3O4S. The molecule has 2 N–H and O–H groups in total. The van der Waals surface area contributed by atoms with Crippen LogP contribution in [-0.2, 0) is 9.53 Å². The molecule has 2 aromatic rings. The molecule has 7 nitrogen and oxygen atoms in total. The van der Waals surface area contributed by atoms with Crippen molar-refractivity contribution in [2.24, 2.45) is 0 Å². The van der Waals surface area contributed by atoms with Crippen molar-refractivity contribution in [3.8, 4) is 5.75 Å². The summed E-state index contributed by atoms with van der Waals surface area (Å²) in [4.78, 5) is 25.7. The fourth-order valence-corrected chi connectivity index (χ4v) is 2.65. The Morgan fingerprint density at radius 1 is 1.10 bits per heavy atom. The molecule has 0 aliphatic rings. The lowest BCUT2D eigenvalue weighted by Crippen LogP contribution is -2.34. The van der Waals surface area contributed by atoms with Gasteiger partial charge in [0.05, 0.1) is 12.2 Å². The lowest BCUT2D eigenvalue weighted by molar-refractivity contribution is -0.116. The first-order valence-corrected chi connectivity index (χ1v) is 9.59. The van der Waals surface area contributed by atoms with Crippen molar-refractivity contribution in [3.05, 3.63) is 54.1 Å². The molecule has 154 valence electrons. The van der Waals surface area contributed by atoms with Crippen LogP contribution in [0.3, 0.4) is 0 Å². The first-order chi connectivity index (χ1) is 13.9. The Hall–Kier alpha value is -2.97. The van der Waals surface area contributed by atoms with E-state index < -0.39 is 0 Å². The topological polar surface area (TPSA) is 79.9 Å². The zero-order valence-corrected chi connectivity index (χ0v) is 17.5. The Bertz CT molecular complexity index is 873. The van der Waals surface area contributed by atoms with Gasteiger partial charge in [0.2, 0.25) is 5.91 Å². The van der Waals surface area contributed by atoms with Gasteiger partial charge in [0.25, 0.3) is 5.91 Å². The van der Waals surface area contributed by atoms with Crippen LogP contribution in [0.2, 0.25) is 0 Å². The Morgan fingerprint density at radius 2 is 1.86 bits per heavy atom. The summed E-state index contributed by atoms with van der Waals surface area (Å²) in [5.41, 5.74) is 1.74. The third-order valence-corrected chi connectivity index (χ3v) is 4.22. The molecule has 2 amide bonds. The second-order valence-electron chi connectivity index (χ2n) is 6.08. The maximum Gasteiger partial charge on any atom is 0.261 e. The number of para-hydroxylation sites is 1. The molecule has 29 heavy (non-hydrogen) atoms. The van der Waals surface area contributed by atoms with Crippen LogP contribution >= 0.6 is 12.2 Å². The maximum atomic E-state index is 12.6. The van der Waals surface area contributed by atoms with Crippen LogP contribution in [0.5, 0.6) is 5.75 Å². The van der Waals surface area contributed by atoms with E-state index in [2.05, 4.69) is 10.6 Å². The van der Waals surface area contributed by atoms with Crippen LogP contribution in [0.15, 0.2) is 48.5 Å². The molecule has 0 heterocycles. The van der Waals surface area contributed by atoms with Crippen molar-refractivity contribution in [3.63, 3.8) is 0 Å². The number of rotatable bonds is 8. The minimum absolute atomic E-state index is 0.0843. The summed E-state index contributed by atoms with van der Waals surface area (Å²) >= 11 is 5.25. The molecule has 8 heteroatoms. The van der Waals surface area contributed by atoms with Crippen molar-refractivity contribution in [2.45, 2.75) is 13.8 Å². The molecule has 0 bridgehead atoms. The number of anilines is 2. The van der Waals surface area contributed by atoms with Crippen molar-refractivity contribution in [1.29, 1.82) is 0 Å². The fraction of sp³-hybridized carbons (Fsp3) is 0.286. The highest BCUT2D eigenvalue weighted by molar-refractivity contribution is 7.80. The van der Waals surface area contributed by atoms with Gasteiger partial charge in [-0.3, -0.25) is 14.9 Å². The molecule has 0 saturated heterocycles. The zero-order chi connectivity index (χ0) is 21.2. The third kappa shape index (κ3) is 6.85. The van der Waals surface area contributed by atoms with E-state index >= 15 is 0 Å². The van der Waals surface area contributed by atoms with Crippen molar-refractivity contribution in [1.82, 2.24) is 5.32 Å². The van der Waals surface area contributed by atoms with Crippen LogP contribution in [0.25, 0.3) is 0 Å². The summed E-state index contributed by atoms with van der Waals surface area (Å²) < 4.78 is 10.9. The van der Waals surface area contributed by atoms with E-state index in [9.17, 15) is 9.59 Å². The molecule has 0 aliphatic carbocycles. The molecule has 0 fully saturated rings. The van der Waals surface area contributed by atoms with Gasteiger partial charge < -0.3 is 19.7 Å². The molecule has 0 aromatic heterocycles. The summed E-state index contributed by atoms with van der Waals surface area (Å²) in [5.74, 6) is -0.0110. The molecule has 2 aromatic carbocycles. The Morgan fingerprint density at radius 3 is 2.59 bits per heavy atom. The average molecular weight is 416 g/mol. The summed E-state index contributed by atoms with van der Waals surface area (Å²) in [6.07, 6.45) is 0. The Labute approximate surface area is 176 Å². The fourth-order valence-electron chi connectivity index (χ4n) is 2.44. The van der Waals surface area contributed by atoms with E-state index in [1.54, 1.807) is 49.5 Å². The quantitative estimate of drug-likeness (QED) is 0.509.